The number of aromatic nitrogens is 2. The molecule has 6 heteroatoms. The van der Waals surface area contributed by atoms with Gasteiger partial charge >= 0.3 is 0 Å². The summed E-state index contributed by atoms with van der Waals surface area (Å²) in [6, 6.07) is 0.651. The van der Waals surface area contributed by atoms with Crippen molar-refractivity contribution in [2.24, 2.45) is 0 Å². The van der Waals surface area contributed by atoms with Crippen molar-refractivity contribution in [1.29, 1.82) is 0 Å². The van der Waals surface area contributed by atoms with Crippen LogP contribution in [-0.2, 0) is 0 Å². The third-order valence-corrected chi connectivity index (χ3v) is 2.73. The second-order valence-corrected chi connectivity index (χ2v) is 3.93. The van der Waals surface area contributed by atoms with Crippen LogP contribution >= 0.6 is 12.2 Å². The standard InChI is InChI=1S/C8H13N5S/c1-3-4(2)11-6-5(10-3)7(14)13-8(9)12-6/h3-4,10H,1-2H3,(H4,9,11,12,13,14)/t3-,4-/m1/s1. The Balaban J connectivity index is 2.52. The first-order chi connectivity index (χ1) is 6.58. The second kappa shape index (κ2) is 3.13. The van der Waals surface area contributed by atoms with E-state index in [0.717, 1.165) is 11.5 Å². The lowest BCUT2D eigenvalue weighted by atomic mass is 10.1. The molecule has 0 saturated carbocycles. The largest absolute Gasteiger partial charge is 0.375 e. The number of nitrogens with one attached hydrogen (secondary N) is 3. The van der Waals surface area contributed by atoms with E-state index in [9.17, 15) is 0 Å². The molecule has 5 nitrogen and oxygen atoms in total. The van der Waals surface area contributed by atoms with Crippen molar-refractivity contribution in [3.63, 3.8) is 0 Å². The van der Waals surface area contributed by atoms with Gasteiger partial charge in [-0.15, -0.1) is 0 Å². The summed E-state index contributed by atoms with van der Waals surface area (Å²) in [5, 5.41) is 6.58. The van der Waals surface area contributed by atoms with Gasteiger partial charge in [0, 0.05) is 12.1 Å². The van der Waals surface area contributed by atoms with Gasteiger partial charge < -0.3 is 21.4 Å². The van der Waals surface area contributed by atoms with Crippen molar-refractivity contribution in [1.82, 2.24) is 9.97 Å². The van der Waals surface area contributed by atoms with Crippen LogP contribution in [-0.4, -0.2) is 22.1 Å². The van der Waals surface area contributed by atoms with Crippen LogP contribution in [0.1, 0.15) is 13.8 Å². The Morgan fingerprint density at radius 2 is 1.93 bits per heavy atom. The molecule has 0 aliphatic carbocycles. The summed E-state index contributed by atoms with van der Waals surface area (Å²) in [6.45, 7) is 4.18. The van der Waals surface area contributed by atoms with Gasteiger partial charge in [-0.1, -0.05) is 12.2 Å². The summed E-state index contributed by atoms with van der Waals surface area (Å²) in [7, 11) is 0. The number of anilines is 3. The van der Waals surface area contributed by atoms with Crippen molar-refractivity contribution >= 4 is 29.7 Å². The third-order valence-electron chi connectivity index (χ3n) is 2.43. The molecule has 2 heterocycles. The van der Waals surface area contributed by atoms with Crippen LogP contribution in [0.5, 0.6) is 0 Å². The number of H-pyrrole nitrogens is 1. The molecule has 2 rings (SSSR count). The molecule has 5 N–H and O–H groups in total. The topological polar surface area (TPSA) is 78.8 Å². The number of nitrogen functional groups attached to an aromatic ring is 1. The van der Waals surface area contributed by atoms with E-state index in [0.29, 0.717) is 22.7 Å². The normalized spacial score (nSPS) is 24.7. The molecule has 0 spiro atoms. The summed E-state index contributed by atoms with van der Waals surface area (Å²) in [5.74, 6) is 1.16. The quantitative estimate of drug-likeness (QED) is 0.487. The molecule has 1 aliphatic heterocycles. The molecule has 0 amide bonds. The summed E-state index contributed by atoms with van der Waals surface area (Å²) in [6.07, 6.45) is 0. The highest BCUT2D eigenvalue weighted by atomic mass is 32.1. The van der Waals surface area contributed by atoms with Gasteiger partial charge in [0.05, 0.1) is 0 Å². The van der Waals surface area contributed by atoms with E-state index in [4.69, 9.17) is 18.0 Å². The van der Waals surface area contributed by atoms with Crippen LogP contribution < -0.4 is 16.4 Å². The molecule has 1 aromatic rings. The zero-order valence-electron chi connectivity index (χ0n) is 8.09. The maximum absolute atomic E-state index is 5.56. The minimum Gasteiger partial charge on any atom is -0.375 e. The Labute approximate surface area is 87.1 Å². The molecule has 0 saturated heterocycles. The zero-order valence-corrected chi connectivity index (χ0v) is 8.90. The average Bonchev–Trinajstić information content (AvgIpc) is 2.08. The molecule has 2 atom stereocenters. The maximum Gasteiger partial charge on any atom is 0.200 e. The molecule has 0 aromatic carbocycles. The number of hydrogen-bond acceptors (Lipinski definition) is 5. The molecule has 0 fully saturated rings. The van der Waals surface area contributed by atoms with Gasteiger partial charge in [0.15, 0.2) is 10.6 Å². The lowest BCUT2D eigenvalue weighted by Crippen LogP contribution is -2.39. The van der Waals surface area contributed by atoms with Crippen LogP contribution in [0.25, 0.3) is 0 Å². The Morgan fingerprint density at radius 1 is 1.29 bits per heavy atom. The summed E-state index contributed by atoms with van der Waals surface area (Å²) < 4.78 is 0.502. The number of nitrogens with two attached hydrogens (primary N) is 1. The highest BCUT2D eigenvalue weighted by molar-refractivity contribution is 7.71. The predicted molar refractivity (Wildman–Crippen MR) is 60.0 cm³/mol. The van der Waals surface area contributed by atoms with Gasteiger partial charge in [-0.3, -0.25) is 0 Å². The first-order valence-corrected chi connectivity index (χ1v) is 4.91. The fourth-order valence-corrected chi connectivity index (χ4v) is 1.70. The van der Waals surface area contributed by atoms with E-state index in [1.54, 1.807) is 0 Å². The molecular weight excluding hydrogens is 198 g/mol. The SMILES string of the molecule is C[C@H]1Nc2[nH]c(N)nc(=S)c2N[C@@H]1C. The van der Waals surface area contributed by atoms with Crippen LogP contribution in [0.3, 0.4) is 0 Å². The number of hydrogen-bond donors (Lipinski definition) is 4. The van der Waals surface area contributed by atoms with E-state index in [-0.39, 0.29) is 0 Å². The fraction of sp³-hybridized carbons (Fsp3) is 0.500. The van der Waals surface area contributed by atoms with Crippen molar-refractivity contribution < 1.29 is 0 Å². The minimum absolute atomic E-state index is 0.322. The van der Waals surface area contributed by atoms with Crippen LogP contribution in [0.2, 0.25) is 0 Å². The van der Waals surface area contributed by atoms with Gasteiger partial charge in [0.25, 0.3) is 0 Å². The van der Waals surface area contributed by atoms with Crippen molar-refractivity contribution in [2.75, 3.05) is 16.4 Å². The lowest BCUT2D eigenvalue weighted by molar-refractivity contribution is 0.657. The second-order valence-electron chi connectivity index (χ2n) is 3.54. The smallest absolute Gasteiger partial charge is 0.200 e. The third kappa shape index (κ3) is 1.41. The Bertz CT molecular complexity index is 413. The number of rotatable bonds is 0. The highest BCUT2D eigenvalue weighted by Crippen LogP contribution is 2.27. The van der Waals surface area contributed by atoms with E-state index < -0.39 is 0 Å². The summed E-state index contributed by atoms with van der Waals surface area (Å²) in [4.78, 5) is 6.93. The number of aromatic amines is 1. The molecule has 0 bridgehead atoms. The van der Waals surface area contributed by atoms with Gasteiger partial charge in [0.1, 0.15) is 11.5 Å². The first-order valence-electron chi connectivity index (χ1n) is 4.51. The van der Waals surface area contributed by atoms with Crippen molar-refractivity contribution in [3.05, 3.63) is 4.64 Å². The Hall–Kier alpha value is -1.30. The molecule has 0 radical (unpaired) electrons. The fourth-order valence-electron chi connectivity index (χ4n) is 1.44. The van der Waals surface area contributed by atoms with Crippen molar-refractivity contribution in [2.45, 2.75) is 25.9 Å². The van der Waals surface area contributed by atoms with Crippen LogP contribution in [0.4, 0.5) is 17.5 Å². The monoisotopic (exact) mass is 211 g/mol. The Kier molecular flexibility index (Phi) is 2.07. The average molecular weight is 211 g/mol. The summed E-state index contributed by atoms with van der Waals surface area (Å²) in [5.41, 5.74) is 6.39. The lowest BCUT2D eigenvalue weighted by Gasteiger charge is -2.31. The van der Waals surface area contributed by atoms with Crippen LogP contribution in [0, 0.1) is 4.64 Å². The predicted octanol–water partition coefficient (Wildman–Crippen LogP) is 1.34. The van der Waals surface area contributed by atoms with E-state index in [1.165, 1.54) is 0 Å². The number of fused-ring (bicyclic) bond motifs is 1. The van der Waals surface area contributed by atoms with E-state index in [2.05, 4.69) is 34.4 Å². The van der Waals surface area contributed by atoms with Crippen molar-refractivity contribution in [3.8, 4) is 0 Å². The van der Waals surface area contributed by atoms with E-state index >= 15 is 0 Å². The molecule has 1 aromatic heterocycles. The minimum atomic E-state index is 0.322. The maximum atomic E-state index is 5.56. The van der Waals surface area contributed by atoms with Gasteiger partial charge in [-0.05, 0) is 13.8 Å². The highest BCUT2D eigenvalue weighted by Gasteiger charge is 2.22. The van der Waals surface area contributed by atoms with Gasteiger partial charge in [-0.25, -0.2) is 4.98 Å². The molecule has 14 heavy (non-hydrogen) atoms. The van der Waals surface area contributed by atoms with Gasteiger partial charge in [0.2, 0.25) is 0 Å². The molecule has 76 valence electrons. The number of nitrogens with zero attached hydrogens (tertiary/aromatic N) is 1. The zero-order chi connectivity index (χ0) is 10.3. The van der Waals surface area contributed by atoms with Crippen LogP contribution in [0.15, 0.2) is 0 Å². The molecule has 1 aliphatic rings. The summed E-state index contributed by atoms with van der Waals surface area (Å²) >= 11 is 5.10. The molecular formula is C8H13N5S. The van der Waals surface area contributed by atoms with Gasteiger partial charge in [-0.2, -0.15) is 0 Å². The van der Waals surface area contributed by atoms with E-state index in [1.807, 2.05) is 0 Å². The Morgan fingerprint density at radius 3 is 2.64 bits per heavy atom. The first kappa shape index (κ1) is 9.26. The molecule has 0 unspecified atom stereocenters.